The fourth-order valence-corrected chi connectivity index (χ4v) is 2.24. The molecule has 24 heavy (non-hydrogen) atoms. The van der Waals surface area contributed by atoms with Gasteiger partial charge in [-0.15, -0.1) is 0 Å². The van der Waals surface area contributed by atoms with E-state index in [1.807, 2.05) is 19.9 Å². The summed E-state index contributed by atoms with van der Waals surface area (Å²) in [5.74, 6) is 1.27. The van der Waals surface area contributed by atoms with E-state index in [2.05, 4.69) is 25.6 Å². The van der Waals surface area contributed by atoms with E-state index in [0.717, 1.165) is 11.4 Å². The van der Waals surface area contributed by atoms with E-state index in [4.69, 9.17) is 11.6 Å². The molecule has 122 valence electrons. The fraction of sp³-hybridized carbons (Fsp3) is 0.125. The zero-order valence-electron chi connectivity index (χ0n) is 13.1. The SMILES string of the molecule is Cc1ccc(NC(=O)Nc2cnc(-n3ccnc3C)nc2)cc1Cl. The first-order valence-corrected chi connectivity index (χ1v) is 7.57. The summed E-state index contributed by atoms with van der Waals surface area (Å²) in [5, 5.41) is 5.97. The maximum absolute atomic E-state index is 12.0. The first-order chi connectivity index (χ1) is 11.5. The fourth-order valence-electron chi connectivity index (χ4n) is 2.06. The van der Waals surface area contributed by atoms with Gasteiger partial charge in [0, 0.05) is 23.1 Å². The summed E-state index contributed by atoms with van der Waals surface area (Å²) >= 11 is 6.04. The van der Waals surface area contributed by atoms with Crippen LogP contribution in [0, 0.1) is 13.8 Å². The lowest BCUT2D eigenvalue weighted by molar-refractivity contribution is 0.262. The molecule has 0 atom stereocenters. The molecule has 0 saturated heterocycles. The number of aryl methyl sites for hydroxylation is 2. The Morgan fingerprint density at radius 1 is 1.08 bits per heavy atom. The summed E-state index contributed by atoms with van der Waals surface area (Å²) in [6, 6.07) is 4.91. The molecule has 2 aromatic heterocycles. The van der Waals surface area contributed by atoms with Gasteiger partial charge >= 0.3 is 6.03 Å². The van der Waals surface area contributed by atoms with Crippen LogP contribution >= 0.6 is 11.6 Å². The van der Waals surface area contributed by atoms with Crippen LogP contribution in [-0.2, 0) is 0 Å². The zero-order chi connectivity index (χ0) is 17.1. The third kappa shape index (κ3) is 3.52. The highest BCUT2D eigenvalue weighted by Crippen LogP contribution is 2.20. The largest absolute Gasteiger partial charge is 0.323 e. The molecule has 2 amide bonds. The molecule has 0 aliphatic heterocycles. The lowest BCUT2D eigenvalue weighted by atomic mass is 10.2. The number of imidazole rings is 1. The molecule has 3 rings (SSSR count). The van der Waals surface area contributed by atoms with Crippen LogP contribution in [-0.4, -0.2) is 25.6 Å². The van der Waals surface area contributed by atoms with E-state index in [0.29, 0.717) is 22.3 Å². The molecule has 0 unspecified atom stereocenters. The van der Waals surface area contributed by atoms with Gasteiger partial charge in [-0.2, -0.15) is 0 Å². The second-order valence-corrected chi connectivity index (χ2v) is 5.57. The summed E-state index contributed by atoms with van der Waals surface area (Å²) in [5.41, 5.74) is 2.03. The van der Waals surface area contributed by atoms with Crippen LogP contribution in [0.5, 0.6) is 0 Å². The number of amides is 2. The molecule has 0 saturated carbocycles. The molecule has 0 radical (unpaired) electrons. The lowest BCUT2D eigenvalue weighted by Crippen LogP contribution is -2.19. The maximum atomic E-state index is 12.0. The van der Waals surface area contributed by atoms with E-state index in [1.54, 1.807) is 29.1 Å². The van der Waals surface area contributed by atoms with Gasteiger partial charge in [0.15, 0.2) is 0 Å². The molecule has 0 aliphatic carbocycles. The highest BCUT2D eigenvalue weighted by molar-refractivity contribution is 6.31. The van der Waals surface area contributed by atoms with Gasteiger partial charge in [0.25, 0.3) is 0 Å². The van der Waals surface area contributed by atoms with Gasteiger partial charge in [-0.3, -0.25) is 4.57 Å². The topological polar surface area (TPSA) is 84.7 Å². The van der Waals surface area contributed by atoms with Crippen molar-refractivity contribution in [3.8, 4) is 5.95 Å². The lowest BCUT2D eigenvalue weighted by Gasteiger charge is -2.09. The Morgan fingerprint density at radius 2 is 1.79 bits per heavy atom. The predicted octanol–water partition coefficient (Wildman–Crippen LogP) is 3.58. The van der Waals surface area contributed by atoms with Crippen LogP contribution in [0.4, 0.5) is 16.2 Å². The Hall–Kier alpha value is -2.93. The maximum Gasteiger partial charge on any atom is 0.323 e. The number of anilines is 2. The molecule has 2 N–H and O–H groups in total. The van der Waals surface area contributed by atoms with Crippen LogP contribution < -0.4 is 10.6 Å². The van der Waals surface area contributed by atoms with Crippen molar-refractivity contribution in [3.05, 3.63) is 59.4 Å². The van der Waals surface area contributed by atoms with Crippen molar-refractivity contribution in [1.29, 1.82) is 0 Å². The smallest absolute Gasteiger partial charge is 0.308 e. The van der Waals surface area contributed by atoms with Crippen molar-refractivity contribution in [2.75, 3.05) is 10.6 Å². The van der Waals surface area contributed by atoms with Crippen molar-refractivity contribution in [2.45, 2.75) is 13.8 Å². The van der Waals surface area contributed by atoms with Crippen molar-refractivity contribution in [3.63, 3.8) is 0 Å². The number of halogens is 1. The number of nitrogens with one attached hydrogen (secondary N) is 2. The van der Waals surface area contributed by atoms with Crippen molar-refractivity contribution >= 4 is 29.0 Å². The number of urea groups is 1. The number of nitrogens with zero attached hydrogens (tertiary/aromatic N) is 4. The average Bonchev–Trinajstić information content (AvgIpc) is 2.98. The molecule has 7 nitrogen and oxygen atoms in total. The van der Waals surface area contributed by atoms with Crippen molar-refractivity contribution < 1.29 is 4.79 Å². The molecule has 8 heteroatoms. The van der Waals surface area contributed by atoms with Gasteiger partial charge in [-0.05, 0) is 31.5 Å². The molecule has 2 heterocycles. The van der Waals surface area contributed by atoms with Gasteiger partial charge in [0.2, 0.25) is 5.95 Å². The van der Waals surface area contributed by atoms with E-state index in [-0.39, 0.29) is 0 Å². The van der Waals surface area contributed by atoms with Crippen molar-refractivity contribution in [2.24, 2.45) is 0 Å². The molecular formula is C16H15ClN6O. The summed E-state index contributed by atoms with van der Waals surface area (Å²) in [6.45, 7) is 3.75. The van der Waals surface area contributed by atoms with Crippen LogP contribution in [0.1, 0.15) is 11.4 Å². The first kappa shape index (κ1) is 15.9. The number of rotatable bonds is 3. The Labute approximate surface area is 143 Å². The van der Waals surface area contributed by atoms with E-state index in [1.165, 1.54) is 12.4 Å². The highest BCUT2D eigenvalue weighted by atomic mass is 35.5. The van der Waals surface area contributed by atoms with Gasteiger partial charge in [0.05, 0.1) is 18.1 Å². The van der Waals surface area contributed by atoms with Gasteiger partial charge in [-0.1, -0.05) is 17.7 Å². The Morgan fingerprint density at radius 3 is 2.42 bits per heavy atom. The molecule has 3 aromatic rings. The average molecular weight is 343 g/mol. The number of carbonyl (C=O) groups excluding carboxylic acids is 1. The minimum Gasteiger partial charge on any atom is -0.308 e. The van der Waals surface area contributed by atoms with E-state index < -0.39 is 6.03 Å². The molecular weight excluding hydrogens is 328 g/mol. The molecule has 0 aliphatic rings. The summed E-state index contributed by atoms with van der Waals surface area (Å²) in [6.07, 6.45) is 6.50. The quantitative estimate of drug-likeness (QED) is 0.762. The van der Waals surface area contributed by atoms with Crippen LogP contribution in [0.25, 0.3) is 5.95 Å². The number of hydrogen-bond acceptors (Lipinski definition) is 4. The van der Waals surface area contributed by atoms with Crippen molar-refractivity contribution in [1.82, 2.24) is 19.5 Å². The number of benzene rings is 1. The van der Waals surface area contributed by atoms with Crippen LogP contribution in [0.2, 0.25) is 5.02 Å². The van der Waals surface area contributed by atoms with Crippen LogP contribution in [0.3, 0.4) is 0 Å². The monoisotopic (exact) mass is 342 g/mol. The predicted molar refractivity (Wildman–Crippen MR) is 92.7 cm³/mol. The highest BCUT2D eigenvalue weighted by Gasteiger charge is 2.07. The molecule has 1 aromatic carbocycles. The Kier molecular flexibility index (Phi) is 4.43. The summed E-state index contributed by atoms with van der Waals surface area (Å²) in [4.78, 5) is 24.6. The number of hydrogen-bond donors (Lipinski definition) is 2. The molecule has 0 fully saturated rings. The van der Waals surface area contributed by atoms with E-state index >= 15 is 0 Å². The second kappa shape index (κ2) is 6.67. The molecule has 0 bridgehead atoms. The Balaban J connectivity index is 1.66. The van der Waals surface area contributed by atoms with Gasteiger partial charge in [0.1, 0.15) is 5.82 Å². The summed E-state index contributed by atoms with van der Waals surface area (Å²) in [7, 11) is 0. The first-order valence-electron chi connectivity index (χ1n) is 7.19. The normalized spacial score (nSPS) is 10.5. The Bertz CT molecular complexity index is 875. The summed E-state index contributed by atoms with van der Waals surface area (Å²) < 4.78 is 1.75. The minimum atomic E-state index is -0.398. The van der Waals surface area contributed by atoms with Gasteiger partial charge in [-0.25, -0.2) is 19.7 Å². The van der Waals surface area contributed by atoms with Gasteiger partial charge < -0.3 is 10.6 Å². The van der Waals surface area contributed by atoms with E-state index in [9.17, 15) is 4.79 Å². The second-order valence-electron chi connectivity index (χ2n) is 5.16. The zero-order valence-corrected chi connectivity index (χ0v) is 13.9. The number of aromatic nitrogens is 4. The minimum absolute atomic E-state index is 0.398. The standard InChI is InChI=1S/C16H15ClN6O/c1-10-3-4-12(7-14(10)17)21-16(24)22-13-8-19-15(20-9-13)23-6-5-18-11(23)2/h3-9H,1-2H3,(H2,21,22,24). The third-order valence-electron chi connectivity index (χ3n) is 3.37. The van der Waals surface area contributed by atoms with Crippen LogP contribution in [0.15, 0.2) is 43.0 Å². The third-order valence-corrected chi connectivity index (χ3v) is 3.77. The number of carbonyl (C=O) groups is 1. The molecule has 0 spiro atoms.